The highest BCUT2D eigenvalue weighted by Gasteiger charge is 2.17. The van der Waals surface area contributed by atoms with Crippen LogP contribution in [0.3, 0.4) is 0 Å². The molecular formula is C24H36O2S. The first-order valence-electron chi connectivity index (χ1n) is 10.4. The Kier molecular flexibility index (Phi) is 8.22. The molecular weight excluding hydrogens is 352 g/mol. The lowest BCUT2D eigenvalue weighted by Gasteiger charge is -2.18. The van der Waals surface area contributed by atoms with Crippen LogP contribution >= 0.6 is 11.3 Å². The summed E-state index contributed by atoms with van der Waals surface area (Å²) < 4.78 is 5.28. The maximum absolute atomic E-state index is 10.2. The molecule has 1 heterocycles. The van der Waals surface area contributed by atoms with Gasteiger partial charge < -0.3 is 9.84 Å². The Morgan fingerprint density at radius 1 is 1.11 bits per heavy atom. The molecule has 0 aliphatic carbocycles. The topological polar surface area (TPSA) is 29.5 Å². The van der Waals surface area contributed by atoms with E-state index in [9.17, 15) is 5.11 Å². The number of phenols is 1. The van der Waals surface area contributed by atoms with Gasteiger partial charge in [0.25, 0.3) is 0 Å². The van der Waals surface area contributed by atoms with Gasteiger partial charge in [0.2, 0.25) is 0 Å². The van der Waals surface area contributed by atoms with Crippen molar-refractivity contribution in [1.82, 2.24) is 0 Å². The molecule has 1 aromatic heterocycles. The number of aryl methyl sites for hydroxylation is 3. The monoisotopic (exact) mass is 388 g/mol. The van der Waals surface area contributed by atoms with Gasteiger partial charge >= 0.3 is 0 Å². The molecule has 0 aliphatic rings. The summed E-state index contributed by atoms with van der Waals surface area (Å²) in [6.07, 6.45) is 7.07. The lowest BCUT2D eigenvalue weighted by Crippen LogP contribution is -2.03. The molecule has 150 valence electrons. The van der Waals surface area contributed by atoms with Crippen LogP contribution in [0.1, 0.15) is 79.3 Å². The summed E-state index contributed by atoms with van der Waals surface area (Å²) in [5.74, 6) is 2.00. The van der Waals surface area contributed by atoms with E-state index < -0.39 is 0 Å². The van der Waals surface area contributed by atoms with Crippen molar-refractivity contribution in [2.24, 2.45) is 5.92 Å². The van der Waals surface area contributed by atoms with Crippen molar-refractivity contribution in [3.8, 4) is 11.5 Å². The van der Waals surface area contributed by atoms with Crippen LogP contribution in [0.4, 0.5) is 0 Å². The lowest BCUT2D eigenvalue weighted by molar-refractivity contribution is 0.372. The van der Waals surface area contributed by atoms with E-state index in [2.05, 4.69) is 40.7 Å². The van der Waals surface area contributed by atoms with Crippen molar-refractivity contribution in [1.29, 1.82) is 0 Å². The van der Waals surface area contributed by atoms with Gasteiger partial charge in [0, 0.05) is 9.75 Å². The third-order valence-corrected chi connectivity index (χ3v) is 6.90. The Balaban J connectivity index is 2.12. The maximum atomic E-state index is 10.2. The van der Waals surface area contributed by atoms with E-state index >= 15 is 0 Å². The Hall–Kier alpha value is -1.48. The van der Waals surface area contributed by atoms with Crippen molar-refractivity contribution in [3.63, 3.8) is 0 Å². The summed E-state index contributed by atoms with van der Waals surface area (Å²) in [6, 6.07) is 6.28. The minimum Gasteiger partial charge on any atom is -0.504 e. The standard InChI is InChI=1S/C24H36O2S/c1-7-9-16(3)10-11-20-12-18(5)24(27-20)13-17(4)21-15-22(25)23(26-6)14-19(21)8-2/h12,14-17,25H,7-11,13H2,1-6H3/t16?,17-/m0/s1. The molecule has 0 amide bonds. The third kappa shape index (κ3) is 5.75. The summed E-state index contributed by atoms with van der Waals surface area (Å²) in [5, 5.41) is 10.2. The van der Waals surface area contributed by atoms with Crippen LogP contribution in [0.15, 0.2) is 18.2 Å². The smallest absolute Gasteiger partial charge is 0.160 e. The van der Waals surface area contributed by atoms with Gasteiger partial charge in [0.15, 0.2) is 11.5 Å². The molecule has 2 nitrogen and oxygen atoms in total. The predicted molar refractivity (Wildman–Crippen MR) is 118 cm³/mol. The van der Waals surface area contributed by atoms with E-state index in [0.717, 1.165) is 18.8 Å². The molecule has 0 aliphatic heterocycles. The second-order valence-corrected chi connectivity index (χ2v) is 9.15. The molecule has 2 aromatic rings. The van der Waals surface area contributed by atoms with Crippen molar-refractivity contribution in [3.05, 3.63) is 44.6 Å². The molecule has 0 radical (unpaired) electrons. The van der Waals surface area contributed by atoms with Crippen LogP contribution in [0, 0.1) is 12.8 Å². The molecule has 1 unspecified atom stereocenters. The van der Waals surface area contributed by atoms with Gasteiger partial charge in [-0.2, -0.15) is 0 Å². The lowest BCUT2D eigenvalue weighted by atomic mass is 9.90. The maximum Gasteiger partial charge on any atom is 0.160 e. The van der Waals surface area contributed by atoms with Crippen LogP contribution in [0.25, 0.3) is 0 Å². The summed E-state index contributed by atoms with van der Waals surface area (Å²) >= 11 is 1.98. The zero-order chi connectivity index (χ0) is 20.0. The van der Waals surface area contributed by atoms with Gasteiger partial charge in [0.1, 0.15) is 0 Å². The third-order valence-electron chi connectivity index (χ3n) is 5.58. The van der Waals surface area contributed by atoms with Gasteiger partial charge in [-0.1, -0.05) is 40.5 Å². The quantitative estimate of drug-likeness (QED) is 0.472. The minimum atomic E-state index is 0.241. The fourth-order valence-electron chi connectivity index (χ4n) is 3.88. The molecule has 27 heavy (non-hydrogen) atoms. The second-order valence-electron chi connectivity index (χ2n) is 7.93. The fraction of sp³-hybridized carbons (Fsp3) is 0.583. The number of ether oxygens (including phenoxy) is 1. The van der Waals surface area contributed by atoms with E-state index in [1.165, 1.54) is 52.1 Å². The molecule has 1 aromatic carbocycles. The van der Waals surface area contributed by atoms with Crippen LogP contribution < -0.4 is 4.74 Å². The molecule has 2 rings (SSSR count). The van der Waals surface area contributed by atoms with E-state index in [-0.39, 0.29) is 5.75 Å². The Morgan fingerprint density at radius 3 is 2.48 bits per heavy atom. The number of hydrogen-bond acceptors (Lipinski definition) is 3. The van der Waals surface area contributed by atoms with Gasteiger partial charge in [-0.3, -0.25) is 0 Å². The van der Waals surface area contributed by atoms with Crippen molar-refractivity contribution < 1.29 is 9.84 Å². The summed E-state index contributed by atoms with van der Waals surface area (Å²) in [7, 11) is 1.61. The molecule has 1 N–H and O–H groups in total. The summed E-state index contributed by atoms with van der Waals surface area (Å²) in [4.78, 5) is 3.00. The number of rotatable bonds is 10. The molecule has 0 saturated carbocycles. The first-order valence-corrected chi connectivity index (χ1v) is 11.2. The number of methoxy groups -OCH3 is 1. The van der Waals surface area contributed by atoms with E-state index in [1.54, 1.807) is 7.11 Å². The number of phenolic OH excluding ortho intramolecular Hbond substituents is 1. The molecule has 0 spiro atoms. The minimum absolute atomic E-state index is 0.241. The summed E-state index contributed by atoms with van der Waals surface area (Å²) in [6.45, 7) is 11.3. The van der Waals surface area contributed by atoms with Crippen molar-refractivity contribution in [2.75, 3.05) is 7.11 Å². The second kappa shape index (κ2) is 10.2. The number of thiophene rings is 1. The molecule has 0 bridgehead atoms. The normalized spacial score (nSPS) is 13.6. The average molecular weight is 389 g/mol. The molecule has 2 atom stereocenters. The van der Waals surface area contributed by atoms with Crippen molar-refractivity contribution in [2.45, 2.75) is 79.1 Å². The van der Waals surface area contributed by atoms with Crippen LogP contribution in [0.5, 0.6) is 11.5 Å². The van der Waals surface area contributed by atoms with Gasteiger partial charge in [-0.15, -0.1) is 11.3 Å². The largest absolute Gasteiger partial charge is 0.504 e. The van der Waals surface area contributed by atoms with Crippen molar-refractivity contribution >= 4 is 11.3 Å². The van der Waals surface area contributed by atoms with Crippen LogP contribution in [-0.4, -0.2) is 12.2 Å². The van der Waals surface area contributed by atoms with E-state index in [1.807, 2.05) is 23.5 Å². The van der Waals surface area contributed by atoms with Gasteiger partial charge in [-0.05, 0) is 79.3 Å². The fourth-order valence-corrected chi connectivity index (χ4v) is 5.21. The molecule has 3 heteroatoms. The van der Waals surface area contributed by atoms with Crippen LogP contribution in [0.2, 0.25) is 0 Å². The highest BCUT2D eigenvalue weighted by Crippen LogP contribution is 2.36. The van der Waals surface area contributed by atoms with Crippen LogP contribution in [-0.2, 0) is 19.3 Å². The number of benzene rings is 1. The average Bonchev–Trinajstić information content (AvgIpc) is 2.99. The first-order chi connectivity index (χ1) is 12.9. The number of aromatic hydroxyl groups is 1. The zero-order valence-corrected chi connectivity index (χ0v) is 18.7. The highest BCUT2D eigenvalue weighted by atomic mass is 32.1. The summed E-state index contributed by atoms with van der Waals surface area (Å²) in [5.41, 5.74) is 3.92. The van der Waals surface area contributed by atoms with Gasteiger partial charge in [0.05, 0.1) is 7.11 Å². The highest BCUT2D eigenvalue weighted by molar-refractivity contribution is 7.12. The zero-order valence-electron chi connectivity index (χ0n) is 17.9. The first kappa shape index (κ1) is 21.8. The van der Waals surface area contributed by atoms with E-state index in [0.29, 0.717) is 11.7 Å². The number of hydrogen-bond donors (Lipinski definition) is 1. The Labute approximate surface area is 169 Å². The molecule has 0 saturated heterocycles. The predicted octanol–water partition coefficient (Wildman–Crippen LogP) is 7.05. The van der Waals surface area contributed by atoms with Gasteiger partial charge in [-0.25, -0.2) is 0 Å². The van der Waals surface area contributed by atoms with E-state index in [4.69, 9.17) is 4.74 Å². The Bertz CT molecular complexity index is 732. The molecule has 0 fully saturated rings. The Morgan fingerprint density at radius 2 is 1.85 bits per heavy atom. The SMILES string of the molecule is CCCC(C)CCc1cc(C)c(C[C@H](C)c2cc(O)c(OC)cc2CC)s1.